The van der Waals surface area contributed by atoms with Crippen molar-refractivity contribution < 1.29 is 9.84 Å². The maximum absolute atomic E-state index is 9.32. The fourth-order valence-electron chi connectivity index (χ4n) is 1.50. The standard InChI is InChI=1S/C11H13BrO2/c12-9-4-10(13)6-11(5-9)14-7-8-2-1-3-8/h4-6,8,13H,1-3,7H2. The molecule has 0 aromatic heterocycles. The van der Waals surface area contributed by atoms with Gasteiger partial charge in [0.15, 0.2) is 0 Å². The van der Waals surface area contributed by atoms with Crippen LogP contribution in [0.3, 0.4) is 0 Å². The van der Waals surface area contributed by atoms with Gasteiger partial charge in [0, 0.05) is 10.5 Å². The Morgan fingerprint density at radius 2 is 2.14 bits per heavy atom. The number of ether oxygens (including phenoxy) is 1. The molecule has 1 saturated carbocycles. The Balaban J connectivity index is 1.94. The highest BCUT2D eigenvalue weighted by Crippen LogP contribution is 2.29. The van der Waals surface area contributed by atoms with Crippen LogP contribution in [0.4, 0.5) is 0 Å². The van der Waals surface area contributed by atoms with Crippen LogP contribution >= 0.6 is 15.9 Å². The van der Waals surface area contributed by atoms with E-state index in [1.165, 1.54) is 19.3 Å². The first-order valence-corrected chi connectivity index (χ1v) is 5.66. The second kappa shape index (κ2) is 4.22. The van der Waals surface area contributed by atoms with E-state index in [0.717, 1.165) is 22.7 Å². The number of aromatic hydroxyl groups is 1. The van der Waals surface area contributed by atoms with Gasteiger partial charge in [0.25, 0.3) is 0 Å². The topological polar surface area (TPSA) is 29.5 Å². The van der Waals surface area contributed by atoms with Gasteiger partial charge in [0.1, 0.15) is 11.5 Å². The van der Waals surface area contributed by atoms with Crippen LogP contribution in [0.2, 0.25) is 0 Å². The molecule has 14 heavy (non-hydrogen) atoms. The van der Waals surface area contributed by atoms with E-state index in [1.807, 2.05) is 6.07 Å². The smallest absolute Gasteiger partial charge is 0.124 e. The van der Waals surface area contributed by atoms with Crippen LogP contribution in [0.1, 0.15) is 19.3 Å². The zero-order valence-corrected chi connectivity index (χ0v) is 9.46. The van der Waals surface area contributed by atoms with E-state index in [0.29, 0.717) is 0 Å². The van der Waals surface area contributed by atoms with Crippen molar-refractivity contribution in [3.8, 4) is 11.5 Å². The van der Waals surface area contributed by atoms with Crippen LogP contribution in [0.15, 0.2) is 22.7 Å². The number of rotatable bonds is 3. The lowest BCUT2D eigenvalue weighted by molar-refractivity contribution is 0.180. The number of hydrogen-bond donors (Lipinski definition) is 1. The first kappa shape index (κ1) is 9.84. The summed E-state index contributed by atoms with van der Waals surface area (Å²) in [5.41, 5.74) is 0. The normalized spacial score (nSPS) is 16.4. The maximum Gasteiger partial charge on any atom is 0.124 e. The summed E-state index contributed by atoms with van der Waals surface area (Å²) in [4.78, 5) is 0. The molecule has 1 N–H and O–H groups in total. The van der Waals surface area contributed by atoms with Gasteiger partial charge in [-0.3, -0.25) is 0 Å². The molecule has 1 fully saturated rings. The monoisotopic (exact) mass is 256 g/mol. The Labute approximate surface area is 92.0 Å². The minimum absolute atomic E-state index is 0.239. The summed E-state index contributed by atoms with van der Waals surface area (Å²) in [5, 5.41) is 9.32. The number of hydrogen-bond acceptors (Lipinski definition) is 2. The highest BCUT2D eigenvalue weighted by atomic mass is 79.9. The van der Waals surface area contributed by atoms with Gasteiger partial charge >= 0.3 is 0 Å². The summed E-state index contributed by atoms with van der Waals surface area (Å²) in [5.74, 6) is 1.70. The van der Waals surface area contributed by atoms with Gasteiger partial charge < -0.3 is 9.84 Å². The van der Waals surface area contributed by atoms with E-state index in [-0.39, 0.29) is 5.75 Å². The van der Waals surface area contributed by atoms with Crippen LogP contribution in [-0.2, 0) is 0 Å². The van der Waals surface area contributed by atoms with Crippen molar-refractivity contribution in [3.05, 3.63) is 22.7 Å². The molecule has 0 amide bonds. The number of halogens is 1. The largest absolute Gasteiger partial charge is 0.508 e. The van der Waals surface area contributed by atoms with Crippen molar-refractivity contribution in [2.24, 2.45) is 5.92 Å². The van der Waals surface area contributed by atoms with Gasteiger partial charge in [-0.2, -0.15) is 0 Å². The summed E-state index contributed by atoms with van der Waals surface area (Å²) in [7, 11) is 0. The molecule has 0 aliphatic heterocycles. The van der Waals surface area contributed by atoms with Crippen molar-refractivity contribution in [1.82, 2.24) is 0 Å². The fraction of sp³-hybridized carbons (Fsp3) is 0.455. The lowest BCUT2D eigenvalue weighted by Crippen LogP contribution is -2.19. The number of phenolic OH excluding ortho intramolecular Hbond substituents is 1. The third kappa shape index (κ3) is 2.41. The molecular weight excluding hydrogens is 244 g/mol. The van der Waals surface area contributed by atoms with Crippen LogP contribution in [0.25, 0.3) is 0 Å². The number of benzene rings is 1. The molecular formula is C11H13BrO2. The third-order valence-electron chi connectivity index (χ3n) is 2.57. The molecule has 76 valence electrons. The number of phenols is 1. The molecule has 1 aromatic carbocycles. The van der Waals surface area contributed by atoms with Crippen molar-refractivity contribution in [2.75, 3.05) is 6.61 Å². The minimum atomic E-state index is 0.239. The van der Waals surface area contributed by atoms with Gasteiger partial charge in [0.05, 0.1) is 6.61 Å². The van der Waals surface area contributed by atoms with E-state index < -0.39 is 0 Å². The molecule has 2 nitrogen and oxygen atoms in total. The second-order valence-electron chi connectivity index (χ2n) is 3.75. The van der Waals surface area contributed by atoms with Crippen molar-refractivity contribution >= 4 is 15.9 Å². The Morgan fingerprint density at radius 1 is 1.36 bits per heavy atom. The molecule has 0 spiro atoms. The highest BCUT2D eigenvalue weighted by Gasteiger charge is 2.17. The Bertz CT molecular complexity index is 301. The lowest BCUT2D eigenvalue weighted by Gasteiger charge is -2.25. The molecule has 0 bridgehead atoms. The summed E-state index contributed by atoms with van der Waals surface area (Å²) in [6.45, 7) is 0.774. The van der Waals surface area contributed by atoms with E-state index >= 15 is 0 Å². The van der Waals surface area contributed by atoms with Crippen LogP contribution in [-0.4, -0.2) is 11.7 Å². The van der Waals surface area contributed by atoms with E-state index in [2.05, 4.69) is 15.9 Å². The van der Waals surface area contributed by atoms with E-state index in [9.17, 15) is 5.11 Å². The summed E-state index contributed by atoms with van der Waals surface area (Å²) in [6, 6.07) is 5.16. The van der Waals surface area contributed by atoms with E-state index in [4.69, 9.17) is 4.74 Å². The quantitative estimate of drug-likeness (QED) is 0.899. The molecule has 3 heteroatoms. The van der Waals surface area contributed by atoms with Gasteiger partial charge in [0.2, 0.25) is 0 Å². The first-order chi connectivity index (χ1) is 6.74. The van der Waals surface area contributed by atoms with Crippen molar-refractivity contribution in [1.29, 1.82) is 0 Å². The van der Waals surface area contributed by atoms with Crippen molar-refractivity contribution in [2.45, 2.75) is 19.3 Å². The van der Waals surface area contributed by atoms with E-state index in [1.54, 1.807) is 12.1 Å². The molecule has 0 unspecified atom stereocenters. The van der Waals surface area contributed by atoms with Crippen LogP contribution < -0.4 is 4.74 Å². The fourth-order valence-corrected chi connectivity index (χ4v) is 1.96. The predicted molar refractivity (Wildman–Crippen MR) is 58.6 cm³/mol. The maximum atomic E-state index is 9.32. The Kier molecular flexibility index (Phi) is 2.96. The molecule has 0 radical (unpaired) electrons. The molecule has 0 atom stereocenters. The minimum Gasteiger partial charge on any atom is -0.508 e. The SMILES string of the molecule is Oc1cc(Br)cc(OCC2CCC2)c1. The van der Waals surface area contributed by atoms with Crippen LogP contribution in [0, 0.1) is 5.92 Å². The zero-order valence-electron chi connectivity index (χ0n) is 7.87. The highest BCUT2D eigenvalue weighted by molar-refractivity contribution is 9.10. The lowest BCUT2D eigenvalue weighted by atomic mass is 9.86. The van der Waals surface area contributed by atoms with Gasteiger partial charge in [-0.25, -0.2) is 0 Å². The zero-order chi connectivity index (χ0) is 9.97. The first-order valence-electron chi connectivity index (χ1n) is 4.86. The van der Waals surface area contributed by atoms with Crippen LogP contribution in [0.5, 0.6) is 11.5 Å². The van der Waals surface area contributed by atoms with Gasteiger partial charge in [-0.1, -0.05) is 22.4 Å². The summed E-state index contributed by atoms with van der Waals surface area (Å²) < 4.78 is 6.43. The third-order valence-corrected chi connectivity index (χ3v) is 3.02. The molecule has 0 saturated heterocycles. The summed E-state index contributed by atoms with van der Waals surface area (Å²) in [6.07, 6.45) is 3.89. The molecule has 1 aliphatic carbocycles. The second-order valence-corrected chi connectivity index (χ2v) is 4.67. The van der Waals surface area contributed by atoms with Gasteiger partial charge in [-0.15, -0.1) is 0 Å². The summed E-state index contributed by atoms with van der Waals surface area (Å²) >= 11 is 3.31. The Morgan fingerprint density at radius 3 is 2.71 bits per heavy atom. The average molecular weight is 257 g/mol. The predicted octanol–water partition coefficient (Wildman–Crippen LogP) is 3.33. The van der Waals surface area contributed by atoms with Crippen molar-refractivity contribution in [3.63, 3.8) is 0 Å². The molecule has 1 aromatic rings. The average Bonchev–Trinajstić information content (AvgIpc) is 1.99. The molecule has 0 heterocycles. The molecule has 2 rings (SSSR count). The Hall–Kier alpha value is -0.700. The molecule has 1 aliphatic rings. The van der Waals surface area contributed by atoms with Gasteiger partial charge in [-0.05, 0) is 30.9 Å².